The number of halogens is 1. The van der Waals surface area contributed by atoms with Gasteiger partial charge in [-0.3, -0.25) is 4.79 Å². The zero-order valence-electron chi connectivity index (χ0n) is 13.4. The van der Waals surface area contributed by atoms with Gasteiger partial charge in [-0.1, -0.05) is 18.2 Å². The number of esters is 1. The zero-order valence-corrected chi connectivity index (χ0v) is 13.4. The number of hydrogen-bond donors (Lipinski definition) is 2. The van der Waals surface area contributed by atoms with E-state index in [1.165, 1.54) is 31.2 Å². The van der Waals surface area contributed by atoms with Gasteiger partial charge in [-0.05, 0) is 49.2 Å². The summed E-state index contributed by atoms with van der Waals surface area (Å²) >= 11 is 0. The van der Waals surface area contributed by atoms with Crippen molar-refractivity contribution in [2.75, 3.05) is 0 Å². The fourth-order valence-electron chi connectivity index (χ4n) is 1.95. The zero-order chi connectivity index (χ0) is 17.7. The van der Waals surface area contributed by atoms with Crippen LogP contribution in [0.1, 0.15) is 28.4 Å². The van der Waals surface area contributed by atoms with Gasteiger partial charge in [0.2, 0.25) is 0 Å². The molecule has 2 aromatic carbocycles. The summed E-state index contributed by atoms with van der Waals surface area (Å²) in [5.74, 6) is -1.54. The second kappa shape index (κ2) is 7.59. The van der Waals surface area contributed by atoms with E-state index >= 15 is 0 Å². The topological polar surface area (TPSA) is 75.6 Å². The number of hydrogen-bond acceptors (Lipinski definition) is 4. The van der Waals surface area contributed by atoms with E-state index in [9.17, 15) is 19.1 Å². The van der Waals surface area contributed by atoms with Crippen molar-refractivity contribution in [3.63, 3.8) is 0 Å². The van der Waals surface area contributed by atoms with Gasteiger partial charge in [0.1, 0.15) is 11.6 Å². The molecule has 6 heteroatoms. The number of carbonyl (C=O) groups excluding carboxylic acids is 2. The monoisotopic (exact) mass is 331 g/mol. The van der Waals surface area contributed by atoms with E-state index in [0.29, 0.717) is 5.56 Å². The molecule has 126 valence electrons. The summed E-state index contributed by atoms with van der Waals surface area (Å²) in [6.07, 6.45) is -0.999. The molecular formula is C18H18FNO4. The molecule has 0 aliphatic rings. The first kappa shape index (κ1) is 17.5. The maximum absolute atomic E-state index is 12.8. The number of ether oxygens (including phenoxy) is 1. The summed E-state index contributed by atoms with van der Waals surface area (Å²) in [4.78, 5) is 23.9. The van der Waals surface area contributed by atoms with Crippen LogP contribution in [0.5, 0.6) is 5.75 Å². The van der Waals surface area contributed by atoms with Gasteiger partial charge < -0.3 is 15.2 Å². The molecule has 0 bridgehead atoms. The van der Waals surface area contributed by atoms with Crippen LogP contribution in [-0.4, -0.2) is 23.1 Å². The van der Waals surface area contributed by atoms with Crippen molar-refractivity contribution in [1.82, 2.24) is 5.32 Å². The molecule has 0 spiro atoms. The van der Waals surface area contributed by atoms with Crippen LogP contribution in [0.3, 0.4) is 0 Å². The first-order chi connectivity index (χ1) is 11.4. The molecule has 2 aromatic rings. The van der Waals surface area contributed by atoms with Crippen LogP contribution >= 0.6 is 0 Å². The summed E-state index contributed by atoms with van der Waals surface area (Å²) in [6.45, 7) is 3.36. The van der Waals surface area contributed by atoms with Gasteiger partial charge >= 0.3 is 5.97 Å². The average molecular weight is 331 g/mol. The van der Waals surface area contributed by atoms with Gasteiger partial charge in [-0.15, -0.1) is 0 Å². The third-order valence-electron chi connectivity index (χ3n) is 3.48. The molecule has 2 N–H and O–H groups in total. The van der Waals surface area contributed by atoms with Crippen molar-refractivity contribution in [3.05, 3.63) is 65.0 Å². The first-order valence-corrected chi connectivity index (χ1v) is 7.39. The number of amides is 1. The van der Waals surface area contributed by atoms with E-state index in [4.69, 9.17) is 4.74 Å². The van der Waals surface area contributed by atoms with Crippen LogP contribution in [0, 0.1) is 12.7 Å². The molecule has 2 rings (SSSR count). The van der Waals surface area contributed by atoms with Crippen molar-refractivity contribution >= 4 is 11.9 Å². The Morgan fingerprint density at radius 3 is 2.50 bits per heavy atom. The maximum Gasteiger partial charge on any atom is 0.339 e. The Kier molecular flexibility index (Phi) is 5.52. The Hall–Kier alpha value is -2.89. The van der Waals surface area contributed by atoms with Crippen LogP contribution in [0.2, 0.25) is 0 Å². The fraction of sp³-hybridized carbons (Fsp3) is 0.222. The van der Waals surface area contributed by atoms with E-state index in [0.717, 1.165) is 5.56 Å². The minimum absolute atomic E-state index is 0.0159. The van der Waals surface area contributed by atoms with Crippen molar-refractivity contribution in [3.8, 4) is 5.75 Å². The minimum Gasteiger partial charge on any atom is -0.508 e. The summed E-state index contributed by atoms with van der Waals surface area (Å²) in [6, 6.07) is 10.1. The summed E-state index contributed by atoms with van der Waals surface area (Å²) in [7, 11) is 0. The Morgan fingerprint density at radius 1 is 1.21 bits per heavy atom. The second-order valence-electron chi connectivity index (χ2n) is 5.39. The largest absolute Gasteiger partial charge is 0.508 e. The molecule has 0 fully saturated rings. The Labute approximate surface area is 139 Å². The van der Waals surface area contributed by atoms with Crippen molar-refractivity contribution in [1.29, 1.82) is 0 Å². The normalized spacial score (nSPS) is 11.6. The number of phenols is 1. The van der Waals surface area contributed by atoms with Gasteiger partial charge in [0.15, 0.2) is 6.10 Å². The number of aromatic hydroxyl groups is 1. The van der Waals surface area contributed by atoms with Crippen LogP contribution in [0.4, 0.5) is 4.39 Å². The first-order valence-electron chi connectivity index (χ1n) is 7.39. The average Bonchev–Trinajstić information content (AvgIpc) is 2.56. The van der Waals surface area contributed by atoms with Crippen molar-refractivity contribution in [2.45, 2.75) is 26.5 Å². The van der Waals surface area contributed by atoms with E-state index < -0.39 is 18.0 Å². The highest BCUT2D eigenvalue weighted by Gasteiger charge is 2.19. The second-order valence-corrected chi connectivity index (χ2v) is 5.39. The van der Waals surface area contributed by atoms with Gasteiger partial charge in [-0.2, -0.15) is 0 Å². The highest BCUT2D eigenvalue weighted by molar-refractivity contribution is 5.92. The van der Waals surface area contributed by atoms with E-state index in [1.807, 2.05) is 0 Å². The van der Waals surface area contributed by atoms with Crippen LogP contribution in [0.25, 0.3) is 0 Å². The standard InChI is InChI=1S/C18H18FNO4/c1-11-3-6-14(9-16(11)21)18(23)24-12(2)17(22)20-10-13-4-7-15(19)8-5-13/h3-9,12,21H,10H2,1-2H3,(H,20,22). The van der Waals surface area contributed by atoms with Gasteiger partial charge in [0.05, 0.1) is 5.56 Å². The minimum atomic E-state index is -0.999. The molecule has 0 radical (unpaired) electrons. The smallest absolute Gasteiger partial charge is 0.339 e. The lowest BCUT2D eigenvalue weighted by atomic mass is 10.1. The lowest BCUT2D eigenvalue weighted by Gasteiger charge is -2.14. The van der Waals surface area contributed by atoms with Gasteiger partial charge in [-0.25, -0.2) is 9.18 Å². The molecular weight excluding hydrogens is 313 g/mol. The van der Waals surface area contributed by atoms with E-state index in [-0.39, 0.29) is 23.7 Å². The number of aryl methyl sites for hydroxylation is 1. The van der Waals surface area contributed by atoms with E-state index in [1.54, 1.807) is 25.1 Å². The molecule has 1 atom stereocenters. The fourth-order valence-corrected chi connectivity index (χ4v) is 1.95. The van der Waals surface area contributed by atoms with E-state index in [2.05, 4.69) is 5.32 Å². The third-order valence-corrected chi connectivity index (χ3v) is 3.48. The Morgan fingerprint density at radius 2 is 1.88 bits per heavy atom. The molecule has 0 aliphatic heterocycles. The predicted octanol–water partition coefficient (Wildman–Crippen LogP) is 2.70. The number of nitrogens with one attached hydrogen (secondary N) is 1. The van der Waals surface area contributed by atoms with Gasteiger partial charge in [0.25, 0.3) is 5.91 Å². The Balaban J connectivity index is 1.89. The molecule has 1 amide bonds. The number of phenolic OH excluding ortho intramolecular Hbond substituents is 1. The maximum atomic E-state index is 12.8. The molecule has 1 unspecified atom stereocenters. The van der Waals surface area contributed by atoms with Crippen molar-refractivity contribution in [2.24, 2.45) is 0 Å². The SMILES string of the molecule is Cc1ccc(C(=O)OC(C)C(=O)NCc2ccc(F)cc2)cc1O. The molecule has 5 nitrogen and oxygen atoms in total. The lowest BCUT2D eigenvalue weighted by molar-refractivity contribution is -0.129. The van der Waals surface area contributed by atoms with Crippen LogP contribution < -0.4 is 5.32 Å². The molecule has 0 heterocycles. The highest BCUT2D eigenvalue weighted by Crippen LogP contribution is 2.18. The van der Waals surface area contributed by atoms with Crippen molar-refractivity contribution < 1.29 is 23.8 Å². The van der Waals surface area contributed by atoms with Crippen LogP contribution in [0.15, 0.2) is 42.5 Å². The number of rotatable bonds is 5. The summed E-state index contributed by atoms with van der Waals surface area (Å²) in [5, 5.41) is 12.2. The quantitative estimate of drug-likeness (QED) is 0.826. The van der Waals surface area contributed by atoms with Crippen LogP contribution in [-0.2, 0) is 16.1 Å². The molecule has 0 saturated carbocycles. The van der Waals surface area contributed by atoms with Gasteiger partial charge in [0, 0.05) is 6.54 Å². The number of carbonyl (C=O) groups is 2. The third kappa shape index (κ3) is 4.55. The number of benzene rings is 2. The lowest BCUT2D eigenvalue weighted by Crippen LogP contribution is -2.35. The molecule has 0 aromatic heterocycles. The molecule has 0 saturated heterocycles. The highest BCUT2D eigenvalue weighted by atomic mass is 19.1. The molecule has 24 heavy (non-hydrogen) atoms. The molecule has 0 aliphatic carbocycles. The summed E-state index contributed by atoms with van der Waals surface area (Å²) < 4.78 is 17.9. The Bertz CT molecular complexity index is 743. The predicted molar refractivity (Wildman–Crippen MR) is 86.0 cm³/mol. The summed E-state index contributed by atoms with van der Waals surface area (Å²) in [5.41, 5.74) is 1.53.